The van der Waals surface area contributed by atoms with Crippen LogP contribution in [0.2, 0.25) is 5.15 Å². The van der Waals surface area contributed by atoms with E-state index in [0.29, 0.717) is 10.8 Å². The summed E-state index contributed by atoms with van der Waals surface area (Å²) < 4.78 is 0. The van der Waals surface area contributed by atoms with E-state index in [1.807, 2.05) is 0 Å². The zero-order valence-electron chi connectivity index (χ0n) is 8.72. The second-order valence-electron chi connectivity index (χ2n) is 3.35. The number of carboxylic acids is 1. The van der Waals surface area contributed by atoms with Gasteiger partial charge in [0.15, 0.2) is 5.15 Å². The Balaban J connectivity index is 2.20. The molecule has 0 atom stereocenters. The molecular formula is C12H9ClN2O2. The van der Waals surface area contributed by atoms with E-state index in [4.69, 9.17) is 16.7 Å². The number of nitrogens with zero attached hydrogens (tertiary/aromatic N) is 1. The number of carboxylic acid groups (broad SMARTS) is 1. The molecule has 0 unspecified atom stereocenters. The van der Waals surface area contributed by atoms with Gasteiger partial charge in [-0.2, -0.15) is 0 Å². The molecule has 17 heavy (non-hydrogen) atoms. The third kappa shape index (κ3) is 2.73. The van der Waals surface area contributed by atoms with Crippen LogP contribution in [-0.2, 0) is 0 Å². The van der Waals surface area contributed by atoms with Crippen LogP contribution in [0.1, 0.15) is 10.4 Å². The summed E-state index contributed by atoms with van der Waals surface area (Å²) in [6, 6.07) is 9.95. The molecule has 0 amide bonds. The average molecular weight is 249 g/mol. The Hall–Kier alpha value is -2.07. The summed E-state index contributed by atoms with van der Waals surface area (Å²) in [6.07, 6.45) is 1.60. The smallest absolute Gasteiger partial charge is 0.335 e. The van der Waals surface area contributed by atoms with Crippen molar-refractivity contribution in [3.8, 4) is 0 Å². The van der Waals surface area contributed by atoms with Crippen LogP contribution in [0.5, 0.6) is 0 Å². The Morgan fingerprint density at radius 2 is 1.94 bits per heavy atom. The highest BCUT2D eigenvalue weighted by Gasteiger charge is 2.03. The summed E-state index contributed by atoms with van der Waals surface area (Å²) in [4.78, 5) is 14.6. The Morgan fingerprint density at radius 1 is 1.24 bits per heavy atom. The first-order valence-electron chi connectivity index (χ1n) is 4.88. The monoisotopic (exact) mass is 248 g/mol. The van der Waals surface area contributed by atoms with Gasteiger partial charge in [-0.25, -0.2) is 9.78 Å². The molecule has 86 valence electrons. The van der Waals surface area contributed by atoms with Gasteiger partial charge in [0.1, 0.15) is 0 Å². The number of rotatable bonds is 3. The van der Waals surface area contributed by atoms with E-state index in [2.05, 4.69) is 10.3 Å². The van der Waals surface area contributed by atoms with Gasteiger partial charge in [-0.15, -0.1) is 0 Å². The molecule has 0 fully saturated rings. The quantitative estimate of drug-likeness (QED) is 0.819. The van der Waals surface area contributed by atoms with E-state index in [-0.39, 0.29) is 5.56 Å². The molecule has 1 aromatic heterocycles. The zero-order chi connectivity index (χ0) is 12.3. The van der Waals surface area contributed by atoms with Crippen molar-refractivity contribution < 1.29 is 9.90 Å². The number of benzene rings is 1. The molecule has 2 N–H and O–H groups in total. The van der Waals surface area contributed by atoms with E-state index >= 15 is 0 Å². The largest absolute Gasteiger partial charge is 0.478 e. The van der Waals surface area contributed by atoms with Crippen LogP contribution < -0.4 is 5.32 Å². The first kappa shape index (κ1) is 11.4. The van der Waals surface area contributed by atoms with Crippen molar-refractivity contribution >= 4 is 28.9 Å². The van der Waals surface area contributed by atoms with Gasteiger partial charge in [0, 0.05) is 11.9 Å². The van der Waals surface area contributed by atoms with Crippen molar-refractivity contribution in [2.45, 2.75) is 0 Å². The fourth-order valence-electron chi connectivity index (χ4n) is 1.33. The van der Waals surface area contributed by atoms with Gasteiger partial charge in [-0.1, -0.05) is 11.6 Å². The number of halogens is 1. The van der Waals surface area contributed by atoms with Crippen LogP contribution in [0.15, 0.2) is 42.6 Å². The second-order valence-corrected chi connectivity index (χ2v) is 3.71. The molecule has 0 spiro atoms. The molecule has 0 radical (unpaired) electrons. The van der Waals surface area contributed by atoms with Gasteiger partial charge < -0.3 is 10.4 Å². The average Bonchev–Trinajstić information content (AvgIpc) is 2.33. The molecule has 2 rings (SSSR count). The van der Waals surface area contributed by atoms with Crippen LogP contribution in [0.3, 0.4) is 0 Å². The molecule has 0 aliphatic heterocycles. The Kier molecular flexibility index (Phi) is 3.25. The van der Waals surface area contributed by atoms with Gasteiger partial charge in [-0.3, -0.25) is 0 Å². The molecule has 0 saturated heterocycles. The number of hydrogen-bond donors (Lipinski definition) is 2. The van der Waals surface area contributed by atoms with Crippen molar-refractivity contribution in [1.82, 2.24) is 4.98 Å². The summed E-state index contributed by atoms with van der Waals surface area (Å²) in [7, 11) is 0. The minimum atomic E-state index is -0.948. The van der Waals surface area contributed by atoms with Crippen molar-refractivity contribution in [2.24, 2.45) is 0 Å². The first-order valence-corrected chi connectivity index (χ1v) is 5.25. The molecule has 2 aromatic rings. The highest BCUT2D eigenvalue weighted by atomic mass is 35.5. The third-order valence-electron chi connectivity index (χ3n) is 2.17. The molecule has 4 nitrogen and oxygen atoms in total. The maximum Gasteiger partial charge on any atom is 0.335 e. The number of nitrogens with one attached hydrogen (secondary N) is 1. The lowest BCUT2D eigenvalue weighted by atomic mass is 10.2. The Morgan fingerprint density at radius 3 is 2.53 bits per heavy atom. The van der Waals surface area contributed by atoms with Crippen molar-refractivity contribution in [1.29, 1.82) is 0 Å². The molecule has 1 heterocycles. The molecular weight excluding hydrogens is 240 g/mol. The Labute approximate surface area is 103 Å². The molecule has 5 heteroatoms. The first-order chi connectivity index (χ1) is 8.16. The third-order valence-corrected chi connectivity index (χ3v) is 2.47. The van der Waals surface area contributed by atoms with Crippen LogP contribution in [0, 0.1) is 0 Å². The molecule has 0 saturated carbocycles. The normalized spacial score (nSPS) is 9.94. The number of aromatic nitrogens is 1. The number of pyridine rings is 1. The summed E-state index contributed by atoms with van der Waals surface area (Å²) in [5.41, 5.74) is 1.68. The fraction of sp³-hybridized carbons (Fsp3) is 0. The summed E-state index contributed by atoms with van der Waals surface area (Å²) >= 11 is 5.89. The molecule has 0 aliphatic rings. The van der Waals surface area contributed by atoms with E-state index in [1.54, 1.807) is 30.5 Å². The lowest BCUT2D eigenvalue weighted by Gasteiger charge is -2.07. The molecule has 1 aromatic carbocycles. The lowest BCUT2D eigenvalue weighted by Crippen LogP contribution is -1.97. The maximum absolute atomic E-state index is 10.7. The molecule has 0 bridgehead atoms. The van der Waals surface area contributed by atoms with Gasteiger partial charge in [0.2, 0.25) is 0 Å². The summed E-state index contributed by atoms with van der Waals surface area (Å²) in [5.74, 6) is -0.948. The van der Waals surface area contributed by atoms with E-state index in [0.717, 1.165) is 5.69 Å². The standard InChI is InChI=1S/C12H9ClN2O2/c13-11-10(2-1-7-14-11)15-9-5-3-8(4-6-9)12(16)17/h1-7,15H,(H,16,17). The fourth-order valence-corrected chi connectivity index (χ4v) is 1.50. The van der Waals surface area contributed by atoms with Crippen LogP contribution >= 0.6 is 11.6 Å². The highest BCUT2D eigenvalue weighted by Crippen LogP contribution is 2.22. The highest BCUT2D eigenvalue weighted by molar-refractivity contribution is 6.32. The number of aromatic carboxylic acids is 1. The zero-order valence-corrected chi connectivity index (χ0v) is 9.48. The topological polar surface area (TPSA) is 62.2 Å². The predicted octanol–water partition coefficient (Wildman–Crippen LogP) is 3.18. The summed E-state index contributed by atoms with van der Waals surface area (Å²) in [5, 5.41) is 12.2. The van der Waals surface area contributed by atoms with Gasteiger partial charge >= 0.3 is 5.97 Å². The van der Waals surface area contributed by atoms with Gasteiger partial charge in [0.05, 0.1) is 11.3 Å². The minimum Gasteiger partial charge on any atom is -0.478 e. The van der Waals surface area contributed by atoms with Crippen LogP contribution in [-0.4, -0.2) is 16.1 Å². The van der Waals surface area contributed by atoms with Crippen LogP contribution in [0.4, 0.5) is 11.4 Å². The SMILES string of the molecule is O=C(O)c1ccc(Nc2cccnc2Cl)cc1. The number of hydrogen-bond acceptors (Lipinski definition) is 3. The van der Waals surface area contributed by atoms with Crippen molar-refractivity contribution in [3.05, 3.63) is 53.3 Å². The number of carbonyl (C=O) groups is 1. The Bertz CT molecular complexity index is 540. The molecule has 0 aliphatic carbocycles. The van der Waals surface area contributed by atoms with E-state index < -0.39 is 5.97 Å². The minimum absolute atomic E-state index is 0.243. The van der Waals surface area contributed by atoms with E-state index in [9.17, 15) is 4.79 Å². The summed E-state index contributed by atoms with van der Waals surface area (Å²) in [6.45, 7) is 0. The van der Waals surface area contributed by atoms with Crippen LogP contribution in [0.25, 0.3) is 0 Å². The van der Waals surface area contributed by atoms with Gasteiger partial charge in [0.25, 0.3) is 0 Å². The van der Waals surface area contributed by atoms with Crippen molar-refractivity contribution in [2.75, 3.05) is 5.32 Å². The number of anilines is 2. The van der Waals surface area contributed by atoms with Crippen molar-refractivity contribution in [3.63, 3.8) is 0 Å². The van der Waals surface area contributed by atoms with Gasteiger partial charge in [-0.05, 0) is 36.4 Å². The predicted molar refractivity (Wildman–Crippen MR) is 65.9 cm³/mol. The maximum atomic E-state index is 10.7. The van der Waals surface area contributed by atoms with E-state index in [1.165, 1.54) is 12.1 Å². The lowest BCUT2D eigenvalue weighted by molar-refractivity contribution is 0.0697. The second kappa shape index (κ2) is 4.84.